The summed E-state index contributed by atoms with van der Waals surface area (Å²) in [5.41, 5.74) is 2.32. The number of ether oxygens (including phenoxy) is 4. The Morgan fingerprint density at radius 1 is 0.946 bits per heavy atom. The second-order valence-corrected chi connectivity index (χ2v) is 8.62. The fourth-order valence-electron chi connectivity index (χ4n) is 4.56. The van der Waals surface area contributed by atoms with Gasteiger partial charge in [-0.3, -0.25) is 4.90 Å². The van der Waals surface area contributed by atoms with Gasteiger partial charge in [-0.1, -0.05) is 6.07 Å². The summed E-state index contributed by atoms with van der Waals surface area (Å²) >= 11 is 0. The molecule has 196 valence electrons. The van der Waals surface area contributed by atoms with Crippen molar-refractivity contribution < 1.29 is 37.6 Å². The number of carboxylic acids is 1. The van der Waals surface area contributed by atoms with Crippen molar-refractivity contribution in [2.24, 2.45) is 0 Å². The number of benzene rings is 3. The lowest BCUT2D eigenvalue weighted by molar-refractivity contribution is -0.139. The molecule has 37 heavy (non-hydrogen) atoms. The van der Waals surface area contributed by atoms with Crippen molar-refractivity contribution in [1.82, 2.24) is 4.90 Å². The molecule has 0 spiro atoms. The Hall–Kier alpha value is -3.85. The van der Waals surface area contributed by atoms with Crippen LogP contribution in [0.1, 0.15) is 29.2 Å². The van der Waals surface area contributed by atoms with Crippen molar-refractivity contribution in [1.29, 1.82) is 0 Å². The Bertz CT molecular complexity index is 1230. The van der Waals surface area contributed by atoms with E-state index in [-0.39, 0.29) is 0 Å². The fourth-order valence-corrected chi connectivity index (χ4v) is 4.56. The molecule has 0 radical (unpaired) electrons. The first-order valence-electron chi connectivity index (χ1n) is 11.9. The predicted molar refractivity (Wildman–Crippen MR) is 133 cm³/mol. The molecule has 0 bridgehead atoms. The molecule has 1 unspecified atom stereocenters. The van der Waals surface area contributed by atoms with E-state index in [9.17, 15) is 13.6 Å². The van der Waals surface area contributed by atoms with Crippen LogP contribution in [0.25, 0.3) is 0 Å². The van der Waals surface area contributed by atoms with Crippen molar-refractivity contribution in [3.05, 3.63) is 82.9 Å². The van der Waals surface area contributed by atoms with E-state index in [0.29, 0.717) is 54.7 Å². The van der Waals surface area contributed by atoms with E-state index in [4.69, 9.17) is 24.1 Å². The molecule has 0 aromatic heterocycles. The number of carbonyl (C=O) groups is 1. The summed E-state index contributed by atoms with van der Waals surface area (Å²) in [4.78, 5) is 12.8. The average Bonchev–Trinajstić information content (AvgIpc) is 2.90. The van der Waals surface area contributed by atoms with Crippen molar-refractivity contribution >= 4 is 5.97 Å². The summed E-state index contributed by atoms with van der Waals surface area (Å²) in [5.74, 6) is -0.0294. The van der Waals surface area contributed by atoms with E-state index in [1.165, 1.54) is 12.1 Å². The number of fused-ring (bicyclic) bond motifs is 1. The molecule has 0 fully saturated rings. The summed E-state index contributed by atoms with van der Waals surface area (Å²) in [6.45, 7) is 1.31. The maximum absolute atomic E-state index is 15.0. The number of methoxy groups -OCH3 is 2. The molecule has 3 aromatic carbocycles. The van der Waals surface area contributed by atoms with Gasteiger partial charge in [-0.2, -0.15) is 0 Å². The van der Waals surface area contributed by atoms with Crippen LogP contribution in [0.3, 0.4) is 0 Å². The van der Waals surface area contributed by atoms with Crippen LogP contribution in [0.15, 0.2) is 54.6 Å². The maximum atomic E-state index is 15.0. The number of nitrogens with zero attached hydrogens (tertiary/aromatic N) is 1. The molecule has 7 nitrogen and oxygen atoms in total. The van der Waals surface area contributed by atoms with Crippen LogP contribution in [-0.2, 0) is 11.2 Å². The Balaban J connectivity index is 1.48. The van der Waals surface area contributed by atoms with Gasteiger partial charge >= 0.3 is 5.97 Å². The van der Waals surface area contributed by atoms with E-state index in [2.05, 4.69) is 4.90 Å². The first-order valence-corrected chi connectivity index (χ1v) is 11.9. The molecule has 0 saturated heterocycles. The minimum Gasteiger partial charge on any atom is -0.494 e. The first-order chi connectivity index (χ1) is 17.9. The SMILES string of the molecule is COc1cc2c(cc1OC)C(c1ccc(F)cc1F)N(CCCOc1ccc(OCC(=O)O)cc1)CC2. The van der Waals surface area contributed by atoms with Gasteiger partial charge in [-0.05, 0) is 66.4 Å². The highest BCUT2D eigenvalue weighted by Crippen LogP contribution is 2.41. The third-order valence-corrected chi connectivity index (χ3v) is 6.28. The molecular weight excluding hydrogens is 484 g/mol. The quantitative estimate of drug-likeness (QED) is 0.367. The van der Waals surface area contributed by atoms with Crippen LogP contribution in [0, 0.1) is 11.6 Å². The number of hydrogen-bond acceptors (Lipinski definition) is 6. The number of carboxylic acid groups (broad SMARTS) is 1. The third-order valence-electron chi connectivity index (χ3n) is 6.28. The van der Waals surface area contributed by atoms with E-state index < -0.39 is 30.3 Å². The molecule has 0 amide bonds. The van der Waals surface area contributed by atoms with Gasteiger partial charge in [0.15, 0.2) is 18.1 Å². The topological polar surface area (TPSA) is 77.5 Å². The zero-order chi connectivity index (χ0) is 26.4. The summed E-state index contributed by atoms with van der Waals surface area (Å²) in [6.07, 6.45) is 1.41. The number of hydrogen-bond donors (Lipinski definition) is 1. The van der Waals surface area contributed by atoms with Crippen LogP contribution in [-0.4, -0.2) is 56.5 Å². The molecule has 3 aromatic rings. The van der Waals surface area contributed by atoms with Crippen LogP contribution >= 0.6 is 0 Å². The van der Waals surface area contributed by atoms with Crippen molar-refractivity contribution in [2.45, 2.75) is 18.9 Å². The zero-order valence-electron chi connectivity index (χ0n) is 20.7. The summed E-state index contributed by atoms with van der Waals surface area (Å²) in [7, 11) is 3.13. The van der Waals surface area contributed by atoms with E-state index in [0.717, 1.165) is 23.6 Å². The highest BCUT2D eigenvalue weighted by atomic mass is 19.1. The molecule has 1 aliphatic heterocycles. The van der Waals surface area contributed by atoms with Crippen LogP contribution in [0.4, 0.5) is 8.78 Å². The second-order valence-electron chi connectivity index (χ2n) is 8.62. The number of rotatable bonds is 11. The van der Waals surface area contributed by atoms with Gasteiger partial charge in [0.25, 0.3) is 0 Å². The normalized spacial score (nSPS) is 15.1. The Kier molecular flexibility index (Phi) is 8.45. The van der Waals surface area contributed by atoms with Gasteiger partial charge in [0.05, 0.1) is 26.9 Å². The van der Waals surface area contributed by atoms with Crippen LogP contribution in [0.5, 0.6) is 23.0 Å². The lowest BCUT2D eigenvalue weighted by atomic mass is 9.87. The zero-order valence-corrected chi connectivity index (χ0v) is 20.7. The average molecular weight is 514 g/mol. The standard InChI is InChI=1S/C28H29F2NO6/c1-34-25-14-18-10-12-31(11-3-13-36-20-5-7-21(8-6-20)37-17-27(32)33)28(23(18)16-26(25)35-2)22-9-4-19(29)15-24(22)30/h4-9,14-16,28H,3,10-13,17H2,1-2H3,(H,32,33). The second kappa shape index (κ2) is 11.9. The van der Waals surface area contributed by atoms with Crippen LogP contribution in [0.2, 0.25) is 0 Å². The van der Waals surface area contributed by atoms with Crippen molar-refractivity contribution in [3.8, 4) is 23.0 Å². The molecule has 9 heteroatoms. The van der Waals surface area contributed by atoms with Crippen molar-refractivity contribution in [3.63, 3.8) is 0 Å². The summed E-state index contributed by atoms with van der Waals surface area (Å²) in [5, 5.41) is 8.70. The van der Waals surface area contributed by atoms with E-state index in [1.54, 1.807) is 38.5 Å². The maximum Gasteiger partial charge on any atom is 0.341 e. The first kappa shape index (κ1) is 26.2. The Morgan fingerprint density at radius 3 is 2.27 bits per heavy atom. The highest BCUT2D eigenvalue weighted by molar-refractivity contribution is 5.68. The highest BCUT2D eigenvalue weighted by Gasteiger charge is 2.32. The molecule has 0 aliphatic carbocycles. The van der Waals surface area contributed by atoms with Gasteiger partial charge in [0, 0.05) is 24.7 Å². The largest absolute Gasteiger partial charge is 0.494 e. The molecular formula is C28H29F2NO6. The molecule has 4 rings (SSSR count). The molecule has 1 aliphatic rings. The van der Waals surface area contributed by atoms with E-state index in [1.807, 2.05) is 12.1 Å². The predicted octanol–water partition coefficient (Wildman–Crippen LogP) is 4.86. The lowest BCUT2D eigenvalue weighted by Crippen LogP contribution is -2.37. The smallest absolute Gasteiger partial charge is 0.341 e. The van der Waals surface area contributed by atoms with Gasteiger partial charge in [-0.15, -0.1) is 0 Å². The Morgan fingerprint density at radius 2 is 1.62 bits per heavy atom. The Labute approximate surface area is 214 Å². The third kappa shape index (κ3) is 6.29. The minimum absolute atomic E-state index is 0.396. The van der Waals surface area contributed by atoms with Gasteiger partial charge in [-0.25, -0.2) is 13.6 Å². The molecule has 1 heterocycles. The monoisotopic (exact) mass is 513 g/mol. The lowest BCUT2D eigenvalue weighted by Gasteiger charge is -2.38. The number of halogens is 2. The number of aliphatic carboxylic acids is 1. The molecule has 0 saturated carbocycles. The fraction of sp³-hybridized carbons (Fsp3) is 0.321. The summed E-state index contributed by atoms with van der Waals surface area (Å²) in [6, 6.07) is 13.8. The van der Waals surface area contributed by atoms with Crippen molar-refractivity contribution in [2.75, 3.05) is 40.5 Å². The molecule has 1 N–H and O–H groups in total. The van der Waals surface area contributed by atoms with Crippen LogP contribution < -0.4 is 18.9 Å². The minimum atomic E-state index is -1.04. The van der Waals surface area contributed by atoms with E-state index >= 15 is 0 Å². The van der Waals surface area contributed by atoms with Gasteiger partial charge in [0.1, 0.15) is 23.1 Å². The summed E-state index contributed by atoms with van der Waals surface area (Å²) < 4.78 is 50.6. The van der Waals surface area contributed by atoms with Gasteiger partial charge in [0.2, 0.25) is 0 Å². The van der Waals surface area contributed by atoms with Gasteiger partial charge < -0.3 is 24.1 Å². The molecule has 1 atom stereocenters.